The Balaban J connectivity index is 1.29. The predicted molar refractivity (Wildman–Crippen MR) is 228 cm³/mol. The molecule has 55 heavy (non-hydrogen) atoms. The molecular weight excluding hydrogens is 665 g/mol. The number of hydrogen-bond donors (Lipinski definition) is 0. The summed E-state index contributed by atoms with van der Waals surface area (Å²) in [6.07, 6.45) is 11.3. The van der Waals surface area contributed by atoms with Crippen LogP contribution in [-0.2, 0) is 20.0 Å². The number of nitrogens with zero attached hydrogens (tertiary/aromatic N) is 2. The highest BCUT2D eigenvalue weighted by Crippen LogP contribution is 2.56. The second-order valence-corrected chi connectivity index (χ2v) is 15.6. The van der Waals surface area contributed by atoms with Crippen molar-refractivity contribution in [2.45, 2.75) is 51.0 Å². The fraction of sp³-hybridized carbons (Fsp3) is 0.170. The Morgan fingerprint density at radius 1 is 0.582 bits per heavy atom. The highest BCUT2D eigenvalue weighted by Gasteiger charge is 2.44. The van der Waals surface area contributed by atoms with E-state index in [1.165, 1.54) is 88.6 Å². The van der Waals surface area contributed by atoms with Crippen LogP contribution in [0.15, 0.2) is 164 Å². The molecule has 3 unspecified atom stereocenters. The standard InChI is InChI=1S/C53H46N2/c1-4-5-19-39-35(2)27-28-47-50(39)40-20-9-8-18-38(40)33-48(43-23-12-14-25-45(43)52-41-21-10-6-16-36(41)29-31-54(52)3)51(47)49-34-55-32-30-37-17-7-11-22-42(37)53(55)46-26-15-13-24-44(46)49/h5-32,48-49,51H,4,33-34H2,1-3H3/q+2. The van der Waals surface area contributed by atoms with E-state index < -0.39 is 0 Å². The van der Waals surface area contributed by atoms with Crippen LogP contribution in [0.5, 0.6) is 0 Å². The SMILES string of the molecule is CCC=Cc1c(C)ccc2c1-c1ccccc1CC(c1ccccc1-c1c3ccccc3cc[n+]1C)C2C1C[n+]2ccc3ccccc3c2-c2ccccc21. The number of benzene rings is 6. The average Bonchev–Trinajstić information content (AvgIpc) is 3.37. The Labute approximate surface area is 324 Å². The van der Waals surface area contributed by atoms with Crippen molar-refractivity contribution in [2.75, 3.05) is 0 Å². The minimum atomic E-state index is 0.187. The zero-order chi connectivity index (χ0) is 37.0. The zero-order valence-corrected chi connectivity index (χ0v) is 31.9. The van der Waals surface area contributed by atoms with E-state index in [-0.39, 0.29) is 17.8 Å². The molecule has 0 spiro atoms. The first-order chi connectivity index (χ1) is 27.1. The summed E-state index contributed by atoms with van der Waals surface area (Å²) in [4.78, 5) is 0. The molecule has 2 nitrogen and oxygen atoms in total. The summed E-state index contributed by atoms with van der Waals surface area (Å²) in [5.41, 5.74) is 16.5. The van der Waals surface area contributed by atoms with Crippen molar-refractivity contribution in [3.05, 3.63) is 197 Å². The van der Waals surface area contributed by atoms with E-state index in [1.807, 2.05) is 0 Å². The molecular formula is C53H46N2+2. The summed E-state index contributed by atoms with van der Waals surface area (Å²) in [7, 11) is 2.21. The summed E-state index contributed by atoms with van der Waals surface area (Å²) in [5.74, 6) is 0.614. The largest absolute Gasteiger partial charge is 0.220 e. The molecule has 3 heterocycles. The summed E-state index contributed by atoms with van der Waals surface area (Å²) < 4.78 is 4.89. The van der Waals surface area contributed by atoms with Crippen LogP contribution >= 0.6 is 0 Å². The van der Waals surface area contributed by atoms with Crippen LogP contribution in [0.2, 0.25) is 0 Å². The van der Waals surface area contributed by atoms with Crippen molar-refractivity contribution in [1.29, 1.82) is 0 Å². The number of fused-ring (bicyclic) bond motifs is 9. The van der Waals surface area contributed by atoms with Crippen molar-refractivity contribution in [3.63, 3.8) is 0 Å². The van der Waals surface area contributed by atoms with E-state index in [0.717, 1.165) is 19.4 Å². The lowest BCUT2D eigenvalue weighted by Crippen LogP contribution is -2.44. The molecule has 1 aliphatic heterocycles. The maximum absolute atomic E-state index is 2.56. The topological polar surface area (TPSA) is 7.76 Å². The van der Waals surface area contributed by atoms with E-state index in [0.29, 0.717) is 0 Å². The van der Waals surface area contributed by atoms with Crippen molar-refractivity contribution in [3.8, 4) is 33.6 Å². The summed E-state index contributed by atoms with van der Waals surface area (Å²) in [6.45, 7) is 5.44. The molecule has 0 N–H and O–H groups in total. The fourth-order valence-electron chi connectivity index (χ4n) is 10.1. The lowest BCUT2D eigenvalue weighted by atomic mass is 9.67. The molecule has 2 aliphatic rings. The minimum absolute atomic E-state index is 0.187. The Morgan fingerprint density at radius 3 is 1.93 bits per heavy atom. The summed E-state index contributed by atoms with van der Waals surface area (Å²) in [5, 5.41) is 5.16. The maximum Gasteiger partial charge on any atom is 0.220 e. The van der Waals surface area contributed by atoms with Gasteiger partial charge in [-0.1, -0.05) is 128 Å². The molecule has 266 valence electrons. The van der Waals surface area contributed by atoms with Gasteiger partial charge in [0, 0.05) is 18.1 Å². The molecule has 0 saturated heterocycles. The Kier molecular flexibility index (Phi) is 8.29. The van der Waals surface area contributed by atoms with Gasteiger partial charge in [0.2, 0.25) is 11.4 Å². The monoisotopic (exact) mass is 710 g/mol. The molecule has 0 bridgehead atoms. The van der Waals surface area contributed by atoms with Crippen LogP contribution in [-0.4, -0.2) is 0 Å². The van der Waals surface area contributed by atoms with Crippen molar-refractivity contribution in [2.24, 2.45) is 7.05 Å². The average molecular weight is 711 g/mol. The lowest BCUT2D eigenvalue weighted by molar-refractivity contribution is -0.690. The van der Waals surface area contributed by atoms with Gasteiger partial charge in [-0.2, -0.15) is 4.57 Å². The minimum Gasteiger partial charge on any atom is -0.200 e. The van der Waals surface area contributed by atoms with E-state index in [2.05, 4.69) is 200 Å². The molecule has 6 aromatic carbocycles. The van der Waals surface area contributed by atoms with Gasteiger partial charge in [-0.3, -0.25) is 0 Å². The predicted octanol–water partition coefficient (Wildman–Crippen LogP) is 12.1. The molecule has 0 amide bonds. The number of aromatic nitrogens is 2. The second kappa shape index (κ2) is 13.6. The molecule has 3 atom stereocenters. The lowest BCUT2D eigenvalue weighted by Gasteiger charge is -2.37. The van der Waals surface area contributed by atoms with Gasteiger partial charge in [0.25, 0.3) is 0 Å². The van der Waals surface area contributed by atoms with Crippen molar-refractivity contribution < 1.29 is 9.13 Å². The van der Waals surface area contributed by atoms with Crippen molar-refractivity contribution >= 4 is 27.6 Å². The van der Waals surface area contributed by atoms with E-state index in [4.69, 9.17) is 0 Å². The van der Waals surface area contributed by atoms with Crippen LogP contribution in [0.3, 0.4) is 0 Å². The number of rotatable bonds is 5. The smallest absolute Gasteiger partial charge is 0.200 e. The number of pyridine rings is 2. The van der Waals surface area contributed by atoms with Crippen LogP contribution in [0.25, 0.3) is 61.3 Å². The second-order valence-electron chi connectivity index (χ2n) is 15.6. The quantitative estimate of drug-likeness (QED) is 0.157. The molecule has 8 aromatic rings. The fourth-order valence-corrected chi connectivity index (χ4v) is 10.1. The third kappa shape index (κ3) is 5.46. The van der Waals surface area contributed by atoms with Crippen LogP contribution in [0.1, 0.15) is 64.5 Å². The van der Waals surface area contributed by atoms with Crippen LogP contribution < -0.4 is 9.13 Å². The van der Waals surface area contributed by atoms with E-state index in [1.54, 1.807) is 0 Å². The van der Waals surface area contributed by atoms with Crippen molar-refractivity contribution in [1.82, 2.24) is 0 Å². The van der Waals surface area contributed by atoms with Gasteiger partial charge in [0.1, 0.15) is 7.05 Å². The highest BCUT2D eigenvalue weighted by atomic mass is 15.0. The van der Waals surface area contributed by atoms with E-state index >= 15 is 0 Å². The van der Waals surface area contributed by atoms with Gasteiger partial charge in [-0.15, -0.1) is 0 Å². The van der Waals surface area contributed by atoms with Gasteiger partial charge in [0.15, 0.2) is 18.9 Å². The number of allylic oxidation sites excluding steroid dienone is 1. The maximum atomic E-state index is 2.56. The first-order valence-electron chi connectivity index (χ1n) is 20.0. The number of hydrogen-bond acceptors (Lipinski definition) is 0. The highest BCUT2D eigenvalue weighted by molar-refractivity contribution is 5.95. The summed E-state index contributed by atoms with van der Waals surface area (Å²) >= 11 is 0. The number of aryl methyl sites for hydroxylation is 2. The zero-order valence-electron chi connectivity index (χ0n) is 31.9. The van der Waals surface area contributed by atoms with Gasteiger partial charge in [-0.25, -0.2) is 4.57 Å². The molecule has 0 radical (unpaired) electrons. The Hall–Kier alpha value is -6.12. The van der Waals surface area contributed by atoms with E-state index in [9.17, 15) is 0 Å². The molecule has 10 rings (SSSR count). The third-order valence-electron chi connectivity index (χ3n) is 12.6. The molecule has 2 heteroatoms. The van der Waals surface area contributed by atoms with Crippen LogP contribution in [0, 0.1) is 6.92 Å². The van der Waals surface area contributed by atoms with Gasteiger partial charge >= 0.3 is 0 Å². The third-order valence-corrected chi connectivity index (χ3v) is 12.6. The molecule has 1 aliphatic carbocycles. The molecule has 2 aromatic heterocycles. The Morgan fingerprint density at radius 2 is 1.18 bits per heavy atom. The molecule has 0 saturated carbocycles. The molecule has 0 fully saturated rings. The summed E-state index contributed by atoms with van der Waals surface area (Å²) in [6, 6.07) is 55.1. The first-order valence-corrected chi connectivity index (χ1v) is 20.0. The van der Waals surface area contributed by atoms with Crippen LogP contribution in [0.4, 0.5) is 0 Å². The first kappa shape index (κ1) is 33.4. The van der Waals surface area contributed by atoms with Gasteiger partial charge in [-0.05, 0) is 105 Å². The van der Waals surface area contributed by atoms with Gasteiger partial charge < -0.3 is 0 Å². The Bertz CT molecular complexity index is 2810. The normalized spacial score (nSPS) is 17.4. The van der Waals surface area contributed by atoms with Gasteiger partial charge in [0.05, 0.1) is 27.8 Å².